The Kier molecular flexibility index (Phi) is 7.60. The number of Topliss-reactive ketones (excluding diaryl/α,β-unsaturated/α-hetero) is 1. The number of nitrogens with one attached hydrogen (secondary N) is 1. The number of hydrogen-bond acceptors (Lipinski definition) is 3. The number of amides is 1. The van der Waals surface area contributed by atoms with Crippen molar-refractivity contribution >= 4 is 23.5 Å². The third-order valence-electron chi connectivity index (χ3n) is 3.47. The van der Waals surface area contributed by atoms with Gasteiger partial charge in [0.15, 0.2) is 5.78 Å². The van der Waals surface area contributed by atoms with E-state index in [-0.39, 0.29) is 30.3 Å². The van der Waals surface area contributed by atoms with Crippen LogP contribution < -0.4 is 5.32 Å². The molecule has 2 aromatic rings. The van der Waals surface area contributed by atoms with Crippen LogP contribution in [-0.2, 0) is 4.79 Å². The first-order valence-electron chi connectivity index (χ1n) is 7.98. The quantitative estimate of drug-likeness (QED) is 0.412. The summed E-state index contributed by atoms with van der Waals surface area (Å²) in [6.07, 6.45) is 0.989. The molecule has 2 rings (SSSR count). The molecule has 132 valence electrons. The lowest BCUT2D eigenvalue weighted by molar-refractivity contribution is -0.121. The standard InChI is InChI=1S/C19H19F2NO2S/c20-15-4-2-14(3-5-15)18(23)10-11-19(24)22-12-1-13-25-17-8-6-16(21)7-9-17/h2-9H,1,10-13H2,(H,22,24). The fourth-order valence-corrected chi connectivity index (χ4v) is 2.97. The Hall–Kier alpha value is -2.21. The number of hydrogen-bond donors (Lipinski definition) is 1. The van der Waals surface area contributed by atoms with Crippen molar-refractivity contribution in [3.8, 4) is 0 Å². The highest BCUT2D eigenvalue weighted by Crippen LogP contribution is 2.18. The van der Waals surface area contributed by atoms with Crippen molar-refractivity contribution < 1.29 is 18.4 Å². The minimum atomic E-state index is -0.396. The van der Waals surface area contributed by atoms with Crippen molar-refractivity contribution in [3.63, 3.8) is 0 Å². The number of ketones is 1. The Morgan fingerprint density at radius 3 is 2.12 bits per heavy atom. The molecule has 1 N–H and O–H groups in total. The van der Waals surface area contributed by atoms with E-state index in [2.05, 4.69) is 5.32 Å². The highest BCUT2D eigenvalue weighted by atomic mass is 32.2. The zero-order chi connectivity index (χ0) is 18.1. The summed E-state index contributed by atoms with van der Waals surface area (Å²) in [5.74, 6) is -0.204. The van der Waals surface area contributed by atoms with Crippen LogP contribution in [0.1, 0.15) is 29.6 Å². The first kappa shape index (κ1) is 19.1. The first-order valence-corrected chi connectivity index (χ1v) is 8.97. The number of benzene rings is 2. The van der Waals surface area contributed by atoms with E-state index in [0.717, 1.165) is 17.1 Å². The average molecular weight is 363 g/mol. The molecule has 0 saturated carbocycles. The minimum Gasteiger partial charge on any atom is -0.356 e. The first-order chi connectivity index (χ1) is 12.0. The lowest BCUT2D eigenvalue weighted by Gasteiger charge is -2.05. The largest absolute Gasteiger partial charge is 0.356 e. The van der Waals surface area contributed by atoms with Crippen LogP contribution in [0, 0.1) is 11.6 Å². The zero-order valence-corrected chi connectivity index (χ0v) is 14.5. The van der Waals surface area contributed by atoms with Crippen molar-refractivity contribution in [3.05, 3.63) is 65.7 Å². The number of carbonyl (C=O) groups excluding carboxylic acids is 2. The van der Waals surface area contributed by atoms with Gasteiger partial charge in [-0.15, -0.1) is 11.8 Å². The van der Waals surface area contributed by atoms with Crippen molar-refractivity contribution in [2.45, 2.75) is 24.2 Å². The van der Waals surface area contributed by atoms with Crippen LogP contribution in [0.4, 0.5) is 8.78 Å². The van der Waals surface area contributed by atoms with E-state index in [9.17, 15) is 18.4 Å². The second kappa shape index (κ2) is 9.93. The van der Waals surface area contributed by atoms with Gasteiger partial charge in [-0.1, -0.05) is 0 Å². The molecule has 0 aromatic heterocycles. The molecule has 0 atom stereocenters. The average Bonchev–Trinajstić information content (AvgIpc) is 2.61. The fourth-order valence-electron chi connectivity index (χ4n) is 2.12. The number of halogens is 2. The molecule has 0 spiro atoms. The van der Waals surface area contributed by atoms with Crippen LogP contribution in [-0.4, -0.2) is 24.0 Å². The third kappa shape index (κ3) is 7.05. The van der Waals surface area contributed by atoms with E-state index >= 15 is 0 Å². The van der Waals surface area contributed by atoms with E-state index in [1.165, 1.54) is 36.4 Å². The Morgan fingerprint density at radius 1 is 0.880 bits per heavy atom. The van der Waals surface area contributed by atoms with Crippen molar-refractivity contribution in [2.75, 3.05) is 12.3 Å². The summed E-state index contributed by atoms with van der Waals surface area (Å²) in [6.45, 7) is 0.526. The van der Waals surface area contributed by atoms with Gasteiger partial charge in [-0.3, -0.25) is 9.59 Å². The Balaban J connectivity index is 1.58. The van der Waals surface area contributed by atoms with Crippen LogP contribution in [0.2, 0.25) is 0 Å². The predicted molar refractivity (Wildman–Crippen MR) is 94.7 cm³/mol. The highest BCUT2D eigenvalue weighted by molar-refractivity contribution is 7.99. The molecule has 0 bridgehead atoms. The molecule has 0 aliphatic heterocycles. The summed E-state index contributed by atoms with van der Waals surface area (Å²) >= 11 is 1.59. The Bertz CT molecular complexity index is 702. The van der Waals surface area contributed by atoms with Crippen molar-refractivity contribution in [1.29, 1.82) is 0 Å². The molecular formula is C19H19F2NO2S. The van der Waals surface area contributed by atoms with Crippen LogP contribution in [0.25, 0.3) is 0 Å². The molecule has 25 heavy (non-hydrogen) atoms. The molecule has 0 heterocycles. The number of rotatable bonds is 9. The predicted octanol–water partition coefficient (Wildman–Crippen LogP) is 4.23. The van der Waals surface area contributed by atoms with E-state index in [0.29, 0.717) is 12.1 Å². The fraction of sp³-hybridized carbons (Fsp3) is 0.263. The summed E-state index contributed by atoms with van der Waals surface area (Å²) in [7, 11) is 0. The maximum atomic E-state index is 12.8. The smallest absolute Gasteiger partial charge is 0.220 e. The van der Waals surface area contributed by atoms with Gasteiger partial charge in [-0.25, -0.2) is 8.78 Å². The summed E-state index contributed by atoms with van der Waals surface area (Å²) in [6, 6.07) is 11.6. The van der Waals surface area contributed by atoms with Crippen LogP contribution in [0.15, 0.2) is 53.4 Å². The highest BCUT2D eigenvalue weighted by Gasteiger charge is 2.09. The van der Waals surface area contributed by atoms with Crippen molar-refractivity contribution in [1.82, 2.24) is 5.32 Å². The summed E-state index contributed by atoms with van der Waals surface area (Å²) < 4.78 is 25.6. The summed E-state index contributed by atoms with van der Waals surface area (Å²) in [5.41, 5.74) is 0.407. The van der Waals surface area contributed by atoms with Crippen LogP contribution in [0.3, 0.4) is 0 Å². The lowest BCUT2D eigenvalue weighted by atomic mass is 10.1. The molecule has 0 unspecified atom stereocenters. The molecule has 0 saturated heterocycles. The van der Waals surface area contributed by atoms with Gasteiger partial charge in [-0.2, -0.15) is 0 Å². The summed E-state index contributed by atoms with van der Waals surface area (Å²) in [4.78, 5) is 24.6. The number of carbonyl (C=O) groups is 2. The topological polar surface area (TPSA) is 46.2 Å². The maximum Gasteiger partial charge on any atom is 0.220 e. The molecule has 6 heteroatoms. The van der Waals surface area contributed by atoms with E-state index < -0.39 is 5.82 Å². The Labute approximate surface area is 149 Å². The van der Waals surface area contributed by atoms with Crippen LogP contribution >= 0.6 is 11.8 Å². The molecule has 2 aromatic carbocycles. The van der Waals surface area contributed by atoms with E-state index in [1.54, 1.807) is 23.9 Å². The summed E-state index contributed by atoms with van der Waals surface area (Å²) in [5, 5.41) is 2.77. The SMILES string of the molecule is O=C(CCC(=O)c1ccc(F)cc1)NCCCSc1ccc(F)cc1. The van der Waals surface area contributed by atoms with Gasteiger partial charge in [-0.05, 0) is 60.7 Å². The monoisotopic (exact) mass is 363 g/mol. The van der Waals surface area contributed by atoms with Gasteiger partial charge in [0.05, 0.1) is 0 Å². The second-order valence-electron chi connectivity index (χ2n) is 5.44. The van der Waals surface area contributed by atoms with Gasteiger partial charge in [0.2, 0.25) is 5.91 Å². The maximum absolute atomic E-state index is 12.8. The van der Waals surface area contributed by atoms with Crippen LogP contribution in [0.5, 0.6) is 0 Å². The molecule has 0 radical (unpaired) electrons. The molecule has 0 aliphatic carbocycles. The van der Waals surface area contributed by atoms with Gasteiger partial charge in [0.1, 0.15) is 11.6 Å². The molecule has 0 fully saturated rings. The van der Waals surface area contributed by atoms with Gasteiger partial charge >= 0.3 is 0 Å². The second-order valence-corrected chi connectivity index (χ2v) is 6.60. The third-order valence-corrected chi connectivity index (χ3v) is 4.57. The van der Waals surface area contributed by atoms with Gasteiger partial charge in [0, 0.05) is 29.8 Å². The van der Waals surface area contributed by atoms with Gasteiger partial charge < -0.3 is 5.32 Å². The molecule has 3 nitrogen and oxygen atoms in total. The molecule has 0 aliphatic rings. The van der Waals surface area contributed by atoms with Crippen molar-refractivity contribution in [2.24, 2.45) is 0 Å². The van der Waals surface area contributed by atoms with E-state index in [1.807, 2.05) is 0 Å². The minimum absolute atomic E-state index is 0.0990. The Morgan fingerprint density at radius 2 is 1.48 bits per heavy atom. The molecule has 1 amide bonds. The normalized spacial score (nSPS) is 10.5. The zero-order valence-electron chi connectivity index (χ0n) is 13.6. The number of thioether (sulfide) groups is 1. The lowest BCUT2D eigenvalue weighted by Crippen LogP contribution is -2.25. The van der Waals surface area contributed by atoms with Gasteiger partial charge in [0.25, 0.3) is 0 Å². The van der Waals surface area contributed by atoms with E-state index in [4.69, 9.17) is 0 Å². The molecular weight excluding hydrogens is 344 g/mol.